The van der Waals surface area contributed by atoms with E-state index in [1.54, 1.807) is 12.1 Å². The van der Waals surface area contributed by atoms with Crippen LogP contribution in [0.15, 0.2) is 91.0 Å². The molecule has 0 saturated carbocycles. The van der Waals surface area contributed by atoms with Crippen LogP contribution in [-0.4, -0.2) is 45.0 Å². The molecule has 0 amide bonds. The molecule has 0 fully saturated rings. The molecular formula is C32H18AgN8O+. The molecule has 4 aromatic carbocycles. The standard InChI is InChI=1S/C32H18N8O.Ag/c41-23-15-7-14-22-24(23)32-39-30-21-13-6-5-12-20(21)28(37-30)35-26-17-9-2-1-8-16(17)25(33-26)34-27-18-10-3-4-11-19(18)29(36-27)38-31(22)40-32;/h1-15,41H,(H2,33,34,35,36,37,38,39,40);/q;+1. The van der Waals surface area contributed by atoms with Crippen LogP contribution in [0.25, 0.3) is 89.7 Å². The number of aromatic hydroxyl groups is 1. The Morgan fingerprint density at radius 1 is 0.405 bits per heavy atom. The molecule has 2 aliphatic heterocycles. The molecule has 5 heterocycles. The molecule has 202 valence electrons. The largest absolute Gasteiger partial charge is 1.00 e. The van der Waals surface area contributed by atoms with Gasteiger partial charge in [-0.15, -0.1) is 0 Å². The van der Waals surface area contributed by atoms with Gasteiger partial charge >= 0.3 is 22.4 Å². The van der Waals surface area contributed by atoms with E-state index >= 15 is 0 Å². The number of nitrogens with one attached hydrogen (secondary N) is 2. The first-order valence-corrected chi connectivity index (χ1v) is 13.1. The fourth-order valence-electron chi connectivity index (χ4n) is 5.67. The second-order valence-electron chi connectivity index (χ2n) is 9.95. The quantitative estimate of drug-likeness (QED) is 0.160. The van der Waals surface area contributed by atoms with Crippen molar-refractivity contribution >= 4 is 44.1 Å². The van der Waals surface area contributed by atoms with Gasteiger partial charge < -0.3 is 15.1 Å². The zero-order chi connectivity index (χ0) is 27.1. The van der Waals surface area contributed by atoms with Crippen molar-refractivity contribution in [3.63, 3.8) is 0 Å². The summed E-state index contributed by atoms with van der Waals surface area (Å²) in [5.74, 6) is 2.19. The number of hydrogen-bond acceptors (Lipinski definition) is 7. The summed E-state index contributed by atoms with van der Waals surface area (Å²) in [6.45, 7) is 0. The topological polar surface area (TPSA) is 129 Å². The number of aromatic amines is 2. The Bertz CT molecular complexity index is 2410. The van der Waals surface area contributed by atoms with Crippen molar-refractivity contribution in [3.05, 3.63) is 91.0 Å². The molecule has 2 aliphatic rings. The maximum atomic E-state index is 10.9. The van der Waals surface area contributed by atoms with E-state index in [1.165, 1.54) is 0 Å². The van der Waals surface area contributed by atoms with Gasteiger partial charge in [0, 0.05) is 38.4 Å². The maximum absolute atomic E-state index is 10.9. The van der Waals surface area contributed by atoms with Gasteiger partial charge in [-0.1, -0.05) is 84.9 Å². The summed E-state index contributed by atoms with van der Waals surface area (Å²) in [6.07, 6.45) is 0. The Hall–Kier alpha value is -5.22. The van der Waals surface area contributed by atoms with Crippen LogP contribution in [0.1, 0.15) is 0 Å². The molecule has 9 rings (SSSR count). The zero-order valence-electron chi connectivity index (χ0n) is 21.6. The van der Waals surface area contributed by atoms with Gasteiger partial charge in [-0.25, -0.2) is 29.9 Å². The second-order valence-corrected chi connectivity index (χ2v) is 9.95. The average Bonchev–Trinajstić information content (AvgIpc) is 3.73. The van der Waals surface area contributed by atoms with Crippen molar-refractivity contribution < 1.29 is 27.5 Å². The van der Waals surface area contributed by atoms with E-state index in [9.17, 15) is 5.11 Å². The minimum Gasteiger partial charge on any atom is -0.507 e. The van der Waals surface area contributed by atoms with Crippen LogP contribution in [0.2, 0.25) is 0 Å². The van der Waals surface area contributed by atoms with Crippen molar-refractivity contribution in [2.45, 2.75) is 0 Å². The van der Waals surface area contributed by atoms with Crippen LogP contribution in [0.3, 0.4) is 0 Å². The molecule has 0 unspecified atom stereocenters. The summed E-state index contributed by atoms with van der Waals surface area (Å²) in [5.41, 5.74) is 5.74. The predicted molar refractivity (Wildman–Crippen MR) is 158 cm³/mol. The molecule has 0 saturated heterocycles. The number of phenolic OH excluding ortho intramolecular Hbond substituents is 1. The van der Waals surface area contributed by atoms with E-state index in [-0.39, 0.29) is 28.1 Å². The van der Waals surface area contributed by atoms with Crippen molar-refractivity contribution in [3.8, 4) is 51.3 Å². The predicted octanol–water partition coefficient (Wildman–Crippen LogP) is 6.57. The molecule has 7 aromatic rings. The number of H-pyrrole nitrogens is 2. The van der Waals surface area contributed by atoms with Gasteiger partial charge in [0.1, 0.15) is 28.3 Å². The van der Waals surface area contributed by atoms with Crippen molar-refractivity contribution in [2.24, 2.45) is 0 Å². The molecular weight excluding hydrogens is 620 g/mol. The summed E-state index contributed by atoms with van der Waals surface area (Å²) < 4.78 is 0. The molecule has 3 aromatic heterocycles. The van der Waals surface area contributed by atoms with Crippen LogP contribution in [0, 0.1) is 0 Å². The van der Waals surface area contributed by atoms with E-state index in [2.05, 4.69) is 9.97 Å². The molecule has 0 aliphatic carbocycles. The first-order valence-electron chi connectivity index (χ1n) is 13.1. The number of phenols is 1. The Labute approximate surface area is 253 Å². The third-order valence-corrected chi connectivity index (χ3v) is 7.56. The van der Waals surface area contributed by atoms with E-state index in [0.717, 1.165) is 38.4 Å². The Morgan fingerprint density at radius 2 is 0.786 bits per heavy atom. The summed E-state index contributed by atoms with van der Waals surface area (Å²) >= 11 is 0. The average molecular weight is 638 g/mol. The van der Waals surface area contributed by atoms with Crippen LogP contribution < -0.4 is 0 Å². The molecule has 0 spiro atoms. The summed E-state index contributed by atoms with van der Waals surface area (Å²) in [5, 5.41) is 14.0. The van der Waals surface area contributed by atoms with Crippen LogP contribution in [0.5, 0.6) is 5.75 Å². The zero-order valence-corrected chi connectivity index (χ0v) is 23.1. The third kappa shape index (κ3) is 3.55. The van der Waals surface area contributed by atoms with Gasteiger partial charge in [-0.2, -0.15) is 0 Å². The van der Waals surface area contributed by atoms with E-state index in [4.69, 9.17) is 29.9 Å². The first-order chi connectivity index (χ1) is 20.2. The Kier molecular flexibility index (Phi) is 5.35. The van der Waals surface area contributed by atoms with Crippen molar-refractivity contribution in [1.82, 2.24) is 39.9 Å². The summed E-state index contributed by atoms with van der Waals surface area (Å²) in [7, 11) is 0. The van der Waals surface area contributed by atoms with E-state index < -0.39 is 0 Å². The number of hydrogen-bond donors (Lipinski definition) is 3. The van der Waals surface area contributed by atoms with Gasteiger partial charge in [0.15, 0.2) is 23.3 Å². The number of fused-ring (bicyclic) bond motifs is 20. The van der Waals surface area contributed by atoms with Crippen LogP contribution in [0.4, 0.5) is 0 Å². The normalized spacial score (nSPS) is 11.7. The molecule has 10 heteroatoms. The fourth-order valence-corrected chi connectivity index (χ4v) is 5.67. The van der Waals surface area contributed by atoms with Gasteiger partial charge in [0.2, 0.25) is 0 Å². The Balaban J connectivity index is 0.00000267. The SMILES string of the molecule is Oc1cccc2c3nc4nc(nc5[nH]c(nc6nc(nc([nH]3)c12)-c1ccccc1-6)c1ccccc51)-c1ccccc1-4.[Ag+]. The number of aromatic nitrogens is 8. The minimum atomic E-state index is 0. The summed E-state index contributed by atoms with van der Waals surface area (Å²) in [4.78, 5) is 36.3. The molecule has 0 atom stereocenters. The van der Waals surface area contributed by atoms with E-state index in [1.807, 2.05) is 78.9 Å². The van der Waals surface area contributed by atoms with Gasteiger partial charge in [0.05, 0.1) is 5.39 Å². The maximum Gasteiger partial charge on any atom is 1.00 e. The van der Waals surface area contributed by atoms with Gasteiger partial charge in [0.25, 0.3) is 0 Å². The van der Waals surface area contributed by atoms with Crippen LogP contribution in [-0.2, 0) is 22.4 Å². The number of nitrogens with zero attached hydrogens (tertiary/aromatic N) is 6. The van der Waals surface area contributed by atoms with Crippen LogP contribution >= 0.6 is 0 Å². The summed E-state index contributed by atoms with van der Waals surface area (Å²) in [6, 6.07) is 29.1. The van der Waals surface area contributed by atoms with E-state index in [0.29, 0.717) is 51.3 Å². The molecule has 3 N–H and O–H groups in total. The molecule has 8 bridgehead atoms. The van der Waals surface area contributed by atoms with Crippen molar-refractivity contribution in [2.75, 3.05) is 0 Å². The molecule has 0 radical (unpaired) electrons. The van der Waals surface area contributed by atoms with Crippen molar-refractivity contribution in [1.29, 1.82) is 0 Å². The second kappa shape index (κ2) is 9.15. The molecule has 9 nitrogen and oxygen atoms in total. The first kappa shape index (κ1) is 24.6. The molecule has 42 heavy (non-hydrogen) atoms. The third-order valence-electron chi connectivity index (χ3n) is 7.56. The van der Waals surface area contributed by atoms with Gasteiger partial charge in [-0.05, 0) is 6.07 Å². The number of rotatable bonds is 0. The smallest absolute Gasteiger partial charge is 0.507 e. The Morgan fingerprint density at radius 3 is 1.29 bits per heavy atom. The fraction of sp³-hybridized carbons (Fsp3) is 0. The minimum absolute atomic E-state index is 0. The van der Waals surface area contributed by atoms with Gasteiger partial charge in [-0.3, -0.25) is 0 Å². The monoisotopic (exact) mass is 637 g/mol. The number of benzene rings is 4.